The Morgan fingerprint density at radius 3 is 1.72 bits per heavy atom. The van der Waals surface area contributed by atoms with Gasteiger partial charge in [-0.15, -0.1) is 0 Å². The van der Waals surface area contributed by atoms with E-state index in [9.17, 15) is 19.2 Å². The van der Waals surface area contributed by atoms with Gasteiger partial charge < -0.3 is 25.8 Å². The van der Waals surface area contributed by atoms with Crippen LogP contribution in [-0.4, -0.2) is 50.8 Å². The van der Waals surface area contributed by atoms with E-state index >= 15 is 0 Å². The van der Waals surface area contributed by atoms with Gasteiger partial charge in [0.25, 0.3) is 0 Å². The molecule has 0 saturated carbocycles. The first-order valence-electron chi connectivity index (χ1n) is 4.76. The van der Waals surface area contributed by atoms with Gasteiger partial charge in [-0.3, -0.25) is 14.4 Å². The Morgan fingerprint density at radius 2 is 1.50 bits per heavy atom. The van der Waals surface area contributed by atoms with Crippen molar-refractivity contribution in [2.45, 2.75) is 31.4 Å². The Balaban J connectivity index is 5.31. The first-order chi connectivity index (χ1) is 8.10. The fourth-order valence-corrected chi connectivity index (χ4v) is 1.10. The lowest BCUT2D eigenvalue weighted by atomic mass is 9.95. The Hall–Kier alpha value is -2.16. The summed E-state index contributed by atoms with van der Waals surface area (Å²) in [5.74, 6) is -6.28. The summed E-state index contributed by atoms with van der Waals surface area (Å²) in [6, 6.07) is -1.20. The molecule has 0 rings (SSSR count). The van der Waals surface area contributed by atoms with Crippen LogP contribution in [0, 0.1) is 0 Å². The third-order valence-corrected chi connectivity index (χ3v) is 1.93. The third kappa shape index (κ3) is 4.37. The van der Waals surface area contributed by atoms with E-state index in [0.29, 0.717) is 0 Å². The molecule has 18 heavy (non-hydrogen) atoms. The highest BCUT2D eigenvalue weighted by Crippen LogP contribution is 2.22. The largest absolute Gasteiger partial charge is 0.481 e. The molecule has 0 amide bonds. The lowest BCUT2D eigenvalue weighted by molar-refractivity contribution is -0.186. The SMILES string of the molecule is C[C@H](N)C(=O)OC(CC(=O)O)(CC(=O)O)C(=O)O. The van der Waals surface area contributed by atoms with Gasteiger partial charge in [0.2, 0.25) is 5.60 Å². The predicted octanol–water partition coefficient (Wildman–Crippen LogP) is -1.35. The highest BCUT2D eigenvalue weighted by atomic mass is 16.6. The number of ether oxygens (including phenoxy) is 1. The summed E-state index contributed by atoms with van der Waals surface area (Å²) in [6.07, 6.45) is -2.35. The maximum atomic E-state index is 11.2. The summed E-state index contributed by atoms with van der Waals surface area (Å²) in [4.78, 5) is 43.4. The number of carboxylic acids is 3. The van der Waals surface area contributed by atoms with E-state index in [1.54, 1.807) is 0 Å². The monoisotopic (exact) mass is 263 g/mol. The number of carbonyl (C=O) groups is 4. The number of rotatable bonds is 7. The number of hydrogen-bond acceptors (Lipinski definition) is 6. The van der Waals surface area contributed by atoms with Crippen molar-refractivity contribution < 1.29 is 39.2 Å². The van der Waals surface area contributed by atoms with Gasteiger partial charge in [0.1, 0.15) is 6.04 Å². The molecule has 0 unspecified atom stereocenters. The molecule has 9 nitrogen and oxygen atoms in total. The van der Waals surface area contributed by atoms with Crippen molar-refractivity contribution in [2.24, 2.45) is 5.73 Å². The van der Waals surface area contributed by atoms with E-state index in [-0.39, 0.29) is 0 Å². The van der Waals surface area contributed by atoms with Gasteiger partial charge in [-0.05, 0) is 6.92 Å². The van der Waals surface area contributed by atoms with E-state index in [0.717, 1.165) is 0 Å². The smallest absolute Gasteiger partial charge is 0.349 e. The van der Waals surface area contributed by atoms with E-state index < -0.39 is 48.4 Å². The van der Waals surface area contributed by atoms with Gasteiger partial charge in [0.15, 0.2) is 0 Å². The first-order valence-corrected chi connectivity index (χ1v) is 4.76. The molecular formula is C9H13NO8. The Labute approximate surface area is 101 Å². The van der Waals surface area contributed by atoms with Crippen molar-refractivity contribution in [2.75, 3.05) is 0 Å². The number of carboxylic acid groups (broad SMARTS) is 3. The van der Waals surface area contributed by atoms with Crippen LogP contribution >= 0.6 is 0 Å². The predicted molar refractivity (Wildman–Crippen MR) is 54.6 cm³/mol. The molecule has 1 atom stereocenters. The van der Waals surface area contributed by atoms with Crippen molar-refractivity contribution in [1.82, 2.24) is 0 Å². The lowest BCUT2D eigenvalue weighted by Gasteiger charge is -2.26. The van der Waals surface area contributed by atoms with Crippen LogP contribution in [0.5, 0.6) is 0 Å². The minimum Gasteiger partial charge on any atom is -0.481 e. The van der Waals surface area contributed by atoms with Crippen molar-refractivity contribution in [3.05, 3.63) is 0 Å². The minimum absolute atomic E-state index is 1.17. The normalized spacial score (nSPS) is 12.6. The first kappa shape index (κ1) is 15.8. The molecule has 0 saturated heterocycles. The van der Waals surface area contributed by atoms with E-state index in [2.05, 4.69) is 4.74 Å². The molecule has 0 bridgehead atoms. The molecule has 0 fully saturated rings. The van der Waals surface area contributed by atoms with Crippen molar-refractivity contribution in [1.29, 1.82) is 0 Å². The lowest BCUT2D eigenvalue weighted by Crippen LogP contribution is -2.49. The van der Waals surface area contributed by atoms with Crippen molar-refractivity contribution in [3.8, 4) is 0 Å². The van der Waals surface area contributed by atoms with E-state index in [4.69, 9.17) is 21.1 Å². The Bertz CT molecular complexity index is 359. The summed E-state index contributed by atoms with van der Waals surface area (Å²) in [7, 11) is 0. The summed E-state index contributed by atoms with van der Waals surface area (Å²) in [5, 5.41) is 26.1. The molecule has 0 spiro atoms. The number of hydrogen-bond donors (Lipinski definition) is 4. The molecule has 9 heteroatoms. The number of carbonyl (C=O) groups excluding carboxylic acids is 1. The minimum atomic E-state index is -2.66. The van der Waals surface area contributed by atoms with Gasteiger partial charge in [-0.1, -0.05) is 0 Å². The van der Waals surface area contributed by atoms with Gasteiger partial charge in [-0.25, -0.2) is 4.79 Å². The summed E-state index contributed by atoms with van der Waals surface area (Å²) < 4.78 is 4.46. The molecule has 5 N–H and O–H groups in total. The van der Waals surface area contributed by atoms with Crippen LogP contribution in [0.4, 0.5) is 0 Å². The maximum Gasteiger partial charge on any atom is 0.349 e. The molecular weight excluding hydrogens is 250 g/mol. The average molecular weight is 263 g/mol. The highest BCUT2D eigenvalue weighted by Gasteiger charge is 2.47. The molecule has 0 radical (unpaired) electrons. The second kappa shape index (κ2) is 5.96. The zero-order chi connectivity index (χ0) is 14.5. The summed E-state index contributed by atoms with van der Waals surface area (Å²) in [6.45, 7) is 1.19. The van der Waals surface area contributed by atoms with Crippen LogP contribution in [-0.2, 0) is 23.9 Å². The number of aliphatic carboxylic acids is 3. The number of esters is 1. The van der Waals surface area contributed by atoms with Crippen LogP contribution < -0.4 is 5.73 Å². The molecule has 0 aromatic heterocycles. The van der Waals surface area contributed by atoms with Gasteiger partial charge in [0.05, 0.1) is 12.8 Å². The number of nitrogens with two attached hydrogens (primary N) is 1. The average Bonchev–Trinajstić information content (AvgIpc) is 2.14. The molecule has 0 aliphatic rings. The molecule has 0 aromatic rings. The van der Waals surface area contributed by atoms with Crippen LogP contribution in [0.3, 0.4) is 0 Å². The molecule has 102 valence electrons. The standard InChI is InChI=1S/C9H13NO8/c1-4(10)7(15)18-9(8(16)17,2-5(11)12)3-6(13)14/h4H,2-3,10H2,1H3,(H,11,12)(H,13,14)(H,16,17)/t4-/m0/s1. The van der Waals surface area contributed by atoms with Crippen LogP contribution in [0.25, 0.3) is 0 Å². The zero-order valence-electron chi connectivity index (χ0n) is 9.45. The quantitative estimate of drug-likeness (QED) is 0.406. The Kier molecular flexibility index (Phi) is 5.24. The Morgan fingerprint density at radius 1 is 1.11 bits per heavy atom. The zero-order valence-corrected chi connectivity index (χ0v) is 9.45. The highest BCUT2D eigenvalue weighted by molar-refractivity contribution is 5.91. The van der Waals surface area contributed by atoms with Crippen molar-refractivity contribution in [3.63, 3.8) is 0 Å². The molecule has 0 aromatic carbocycles. The second-order valence-electron chi connectivity index (χ2n) is 3.65. The molecule has 0 aliphatic carbocycles. The van der Waals surface area contributed by atoms with E-state index in [1.807, 2.05) is 0 Å². The maximum absolute atomic E-state index is 11.2. The summed E-state index contributed by atoms with van der Waals surface area (Å²) >= 11 is 0. The fraction of sp³-hybridized carbons (Fsp3) is 0.556. The van der Waals surface area contributed by atoms with Crippen molar-refractivity contribution >= 4 is 23.9 Å². The van der Waals surface area contributed by atoms with Crippen LogP contribution in [0.15, 0.2) is 0 Å². The van der Waals surface area contributed by atoms with Crippen LogP contribution in [0.1, 0.15) is 19.8 Å². The van der Waals surface area contributed by atoms with E-state index in [1.165, 1.54) is 6.92 Å². The fourth-order valence-electron chi connectivity index (χ4n) is 1.10. The second-order valence-corrected chi connectivity index (χ2v) is 3.65. The third-order valence-electron chi connectivity index (χ3n) is 1.93. The summed E-state index contributed by atoms with van der Waals surface area (Å²) in [5.41, 5.74) is 2.48. The molecule has 0 heterocycles. The topological polar surface area (TPSA) is 164 Å². The van der Waals surface area contributed by atoms with Gasteiger partial charge >= 0.3 is 23.9 Å². The van der Waals surface area contributed by atoms with Gasteiger partial charge in [0, 0.05) is 0 Å². The van der Waals surface area contributed by atoms with Crippen LogP contribution in [0.2, 0.25) is 0 Å². The molecule has 0 aliphatic heterocycles. The van der Waals surface area contributed by atoms with Gasteiger partial charge in [-0.2, -0.15) is 0 Å².